The van der Waals surface area contributed by atoms with E-state index in [1.54, 1.807) is 31.2 Å². The monoisotopic (exact) mass is 332 g/mol. The van der Waals surface area contributed by atoms with Crippen molar-refractivity contribution in [1.29, 1.82) is 0 Å². The third-order valence-electron chi connectivity index (χ3n) is 2.84. The Morgan fingerprint density at radius 3 is 2.46 bits per heavy atom. The molecule has 1 radical (unpaired) electrons. The van der Waals surface area contributed by atoms with Crippen LogP contribution in [0.4, 0.5) is 9.59 Å². The fraction of sp³-hybridized carbons (Fsp3) is 0.250. The Kier molecular flexibility index (Phi) is 7.69. The van der Waals surface area contributed by atoms with Crippen molar-refractivity contribution in [3.63, 3.8) is 0 Å². The number of imide groups is 1. The molecule has 0 aromatic heterocycles. The molecule has 0 atom stereocenters. The molecule has 24 heavy (non-hydrogen) atoms. The van der Waals surface area contributed by atoms with E-state index in [-0.39, 0.29) is 6.54 Å². The minimum atomic E-state index is -0.938. The highest BCUT2D eigenvalue weighted by atomic mass is 16.7. The van der Waals surface area contributed by atoms with Gasteiger partial charge in [0.2, 0.25) is 6.29 Å². The summed E-state index contributed by atoms with van der Waals surface area (Å²) in [6.45, 7) is 0.968. The number of benzene rings is 1. The van der Waals surface area contributed by atoms with Crippen LogP contribution in [-0.2, 0) is 14.4 Å². The van der Waals surface area contributed by atoms with Crippen LogP contribution in [0.5, 0.6) is 0 Å². The van der Waals surface area contributed by atoms with Gasteiger partial charge in [-0.25, -0.2) is 9.59 Å². The first-order chi connectivity index (χ1) is 11.5. The Balaban J connectivity index is 2.88. The van der Waals surface area contributed by atoms with Crippen molar-refractivity contribution in [2.24, 2.45) is 0 Å². The third-order valence-corrected chi connectivity index (χ3v) is 2.84. The maximum absolute atomic E-state index is 12.3. The minimum Gasteiger partial charge on any atom is -0.323 e. The molecule has 0 bridgehead atoms. The number of hydrogen-bond acceptors (Lipinski definition) is 5. The van der Waals surface area contributed by atoms with Crippen molar-refractivity contribution in [2.75, 3.05) is 20.1 Å². The summed E-state index contributed by atoms with van der Waals surface area (Å²) < 4.78 is 0. The lowest BCUT2D eigenvalue weighted by Crippen LogP contribution is -2.48. The number of nitrogens with zero attached hydrogens (tertiary/aromatic N) is 2. The van der Waals surface area contributed by atoms with Gasteiger partial charge in [0, 0.05) is 13.1 Å². The Bertz CT molecular complexity index is 615. The molecule has 1 aromatic carbocycles. The van der Waals surface area contributed by atoms with E-state index in [9.17, 15) is 19.2 Å². The first-order valence-corrected chi connectivity index (χ1v) is 7.14. The fourth-order valence-electron chi connectivity index (χ4n) is 1.65. The zero-order chi connectivity index (χ0) is 17.9. The molecule has 0 aliphatic carbocycles. The van der Waals surface area contributed by atoms with Crippen LogP contribution in [0.2, 0.25) is 0 Å². The second-order valence-electron chi connectivity index (χ2n) is 4.42. The molecule has 127 valence electrons. The average molecular weight is 332 g/mol. The quantitative estimate of drug-likeness (QED) is 0.648. The number of urea groups is 1. The van der Waals surface area contributed by atoms with Crippen molar-refractivity contribution in [1.82, 2.24) is 15.3 Å². The summed E-state index contributed by atoms with van der Waals surface area (Å²) in [4.78, 5) is 51.7. The van der Waals surface area contributed by atoms with E-state index >= 15 is 0 Å². The van der Waals surface area contributed by atoms with Crippen molar-refractivity contribution >= 4 is 30.4 Å². The van der Waals surface area contributed by atoms with Crippen LogP contribution in [0.1, 0.15) is 12.5 Å². The summed E-state index contributed by atoms with van der Waals surface area (Å²) in [5.41, 5.74) is 0.752. The molecule has 0 unspecified atom stereocenters. The van der Waals surface area contributed by atoms with Gasteiger partial charge in [0.15, 0.2) is 0 Å². The second kappa shape index (κ2) is 9.78. The summed E-state index contributed by atoms with van der Waals surface area (Å²) in [7, 11) is 1.32. The maximum Gasteiger partial charge on any atom is 0.431 e. The Labute approximate surface area is 139 Å². The lowest BCUT2D eigenvalue weighted by atomic mass is 10.2. The predicted molar refractivity (Wildman–Crippen MR) is 86.2 cm³/mol. The van der Waals surface area contributed by atoms with Gasteiger partial charge in [-0.15, -0.1) is 0 Å². The standard InChI is InChI=1S/C16H18N3O5/c1-3-19(24-15(22)17-2)16(23)18(11-12-20)14(21)10-9-13-7-5-4-6-8-13/h4-10H,3,11H2,1-2H3,(H,17,22)/b10-9+. The van der Waals surface area contributed by atoms with E-state index in [4.69, 9.17) is 4.84 Å². The normalized spacial score (nSPS) is 10.1. The van der Waals surface area contributed by atoms with Gasteiger partial charge in [0.25, 0.3) is 5.91 Å². The van der Waals surface area contributed by atoms with Gasteiger partial charge >= 0.3 is 12.1 Å². The minimum absolute atomic E-state index is 0.00269. The first-order valence-electron chi connectivity index (χ1n) is 7.14. The molecule has 1 aromatic rings. The van der Waals surface area contributed by atoms with Gasteiger partial charge in [-0.05, 0) is 18.6 Å². The van der Waals surface area contributed by atoms with Crippen LogP contribution < -0.4 is 5.32 Å². The van der Waals surface area contributed by atoms with Gasteiger partial charge in [-0.2, -0.15) is 5.06 Å². The van der Waals surface area contributed by atoms with Crippen molar-refractivity contribution in [3.05, 3.63) is 42.0 Å². The van der Waals surface area contributed by atoms with Crippen molar-refractivity contribution in [2.45, 2.75) is 6.92 Å². The van der Waals surface area contributed by atoms with E-state index in [0.717, 1.165) is 11.6 Å². The Morgan fingerprint density at radius 1 is 1.25 bits per heavy atom. The molecule has 1 N–H and O–H groups in total. The molecule has 0 fully saturated rings. The van der Waals surface area contributed by atoms with Crippen LogP contribution in [0.15, 0.2) is 36.4 Å². The molecular formula is C16H18N3O5. The lowest BCUT2D eigenvalue weighted by molar-refractivity contribution is -0.126. The molecular weight excluding hydrogens is 314 g/mol. The lowest BCUT2D eigenvalue weighted by Gasteiger charge is -2.24. The number of carbonyl (C=O) groups is 3. The van der Waals surface area contributed by atoms with Crippen LogP contribution in [0.25, 0.3) is 6.08 Å². The Morgan fingerprint density at radius 2 is 1.92 bits per heavy atom. The smallest absolute Gasteiger partial charge is 0.323 e. The molecule has 0 aliphatic heterocycles. The van der Waals surface area contributed by atoms with Crippen LogP contribution in [0, 0.1) is 0 Å². The predicted octanol–water partition coefficient (Wildman–Crippen LogP) is 1.35. The van der Waals surface area contributed by atoms with Gasteiger partial charge < -0.3 is 10.2 Å². The summed E-state index contributed by atoms with van der Waals surface area (Å²) in [5, 5.41) is 2.85. The second-order valence-corrected chi connectivity index (χ2v) is 4.42. The zero-order valence-corrected chi connectivity index (χ0v) is 13.4. The van der Waals surface area contributed by atoms with Crippen molar-refractivity contribution in [3.8, 4) is 0 Å². The number of hydroxylamine groups is 2. The number of nitrogens with one attached hydrogen (secondary N) is 1. The molecule has 1 rings (SSSR count). The SMILES string of the molecule is CCN(OC(=O)NC)C(=O)N(C[C]=O)C(=O)/C=C/c1ccccc1. The van der Waals surface area contributed by atoms with E-state index in [1.165, 1.54) is 19.4 Å². The fourth-order valence-corrected chi connectivity index (χ4v) is 1.65. The van der Waals surface area contributed by atoms with Crippen LogP contribution >= 0.6 is 0 Å². The highest BCUT2D eigenvalue weighted by molar-refractivity contribution is 6.03. The first kappa shape index (κ1) is 18.9. The average Bonchev–Trinajstić information content (AvgIpc) is 2.62. The maximum atomic E-state index is 12.3. The number of rotatable bonds is 5. The van der Waals surface area contributed by atoms with Crippen molar-refractivity contribution < 1.29 is 24.0 Å². The van der Waals surface area contributed by atoms with Crippen LogP contribution in [-0.4, -0.2) is 54.4 Å². The molecule has 4 amide bonds. The molecule has 0 saturated heterocycles. The summed E-state index contributed by atoms with van der Waals surface area (Å²) in [5.74, 6) is -0.730. The topological polar surface area (TPSA) is 96.0 Å². The van der Waals surface area contributed by atoms with E-state index in [2.05, 4.69) is 5.32 Å². The van der Waals surface area contributed by atoms with Crippen LogP contribution in [0.3, 0.4) is 0 Å². The highest BCUT2D eigenvalue weighted by Gasteiger charge is 2.27. The number of carbonyl (C=O) groups excluding carboxylic acids is 4. The molecule has 8 heteroatoms. The third kappa shape index (κ3) is 5.56. The molecule has 0 spiro atoms. The summed E-state index contributed by atoms with van der Waals surface area (Å²) in [6, 6.07) is 8.02. The molecule has 8 nitrogen and oxygen atoms in total. The Hall–Kier alpha value is -3.16. The zero-order valence-electron chi connectivity index (χ0n) is 13.4. The summed E-state index contributed by atoms with van der Waals surface area (Å²) in [6.07, 6.45) is 3.28. The molecule has 0 saturated carbocycles. The van der Waals surface area contributed by atoms with Gasteiger partial charge in [-0.1, -0.05) is 30.3 Å². The molecule has 0 heterocycles. The van der Waals surface area contributed by atoms with Gasteiger partial charge in [0.1, 0.15) is 0 Å². The number of hydrogen-bond donors (Lipinski definition) is 1. The molecule has 0 aliphatic rings. The van der Waals surface area contributed by atoms with E-state index in [0.29, 0.717) is 9.96 Å². The van der Waals surface area contributed by atoms with E-state index < -0.39 is 24.6 Å². The highest BCUT2D eigenvalue weighted by Crippen LogP contribution is 2.05. The van der Waals surface area contributed by atoms with Gasteiger partial charge in [0.05, 0.1) is 13.1 Å². The van der Waals surface area contributed by atoms with E-state index in [1.807, 2.05) is 6.07 Å². The summed E-state index contributed by atoms with van der Waals surface area (Å²) >= 11 is 0. The largest absolute Gasteiger partial charge is 0.431 e. The number of amides is 4. The van der Waals surface area contributed by atoms with Gasteiger partial charge in [-0.3, -0.25) is 14.5 Å².